The first-order valence-electron chi connectivity index (χ1n) is 10.3. The Morgan fingerprint density at radius 2 is 1.62 bits per heavy atom. The summed E-state index contributed by atoms with van der Waals surface area (Å²) in [4.78, 5) is 39.9. The molecule has 3 aromatic rings. The van der Waals surface area contributed by atoms with Gasteiger partial charge in [-0.1, -0.05) is 30.3 Å². The van der Waals surface area contributed by atoms with Crippen LogP contribution in [-0.2, 0) is 10.2 Å². The highest BCUT2D eigenvalue weighted by molar-refractivity contribution is 6.08. The van der Waals surface area contributed by atoms with Crippen molar-refractivity contribution in [2.24, 2.45) is 5.73 Å². The number of rotatable bonds is 3. The number of nitrogens with one attached hydrogen (secondary N) is 1. The van der Waals surface area contributed by atoms with Gasteiger partial charge in [-0.15, -0.1) is 0 Å². The third kappa shape index (κ3) is 2.89. The van der Waals surface area contributed by atoms with Gasteiger partial charge in [0.25, 0.3) is 5.91 Å². The van der Waals surface area contributed by atoms with E-state index in [-0.39, 0.29) is 11.8 Å². The molecule has 2 aliphatic rings. The predicted octanol–water partition coefficient (Wildman–Crippen LogP) is 3.40. The van der Waals surface area contributed by atoms with Gasteiger partial charge < -0.3 is 16.0 Å². The highest BCUT2D eigenvalue weighted by Crippen LogP contribution is 2.54. The largest absolute Gasteiger partial charge is 0.366 e. The summed E-state index contributed by atoms with van der Waals surface area (Å²) in [6, 6.07) is 18.9. The van der Waals surface area contributed by atoms with Gasteiger partial charge in [-0.05, 0) is 60.0 Å². The number of hydrogen-bond donors (Lipinski definition) is 2. The Labute approximate surface area is 183 Å². The molecule has 0 unspecified atom stereocenters. The third-order valence-corrected chi connectivity index (χ3v) is 6.45. The van der Waals surface area contributed by atoms with Crippen molar-refractivity contribution < 1.29 is 18.8 Å². The molecule has 2 atom stereocenters. The molecule has 0 saturated carbocycles. The Hall–Kier alpha value is -4.00. The van der Waals surface area contributed by atoms with Crippen molar-refractivity contribution >= 4 is 23.4 Å². The molecule has 1 spiro atoms. The van der Waals surface area contributed by atoms with Gasteiger partial charge in [0, 0.05) is 23.4 Å². The molecule has 32 heavy (non-hydrogen) atoms. The van der Waals surface area contributed by atoms with Gasteiger partial charge in [0.05, 0.1) is 6.04 Å². The molecular weight excluding hydrogens is 409 g/mol. The standard InChI is InChI=1S/C25H20FN3O3/c26-18-11-9-15(10-12-18)21-25(19-3-1-2-4-20(19)28-24(25)32)13-14-29(21)23(31)17-7-5-16(6-8-17)22(27)30/h1-12,21H,13-14H2,(H2,27,30)(H,28,32)/t21-,25+/m0/s1. The Bertz CT molecular complexity index is 1240. The molecule has 1 saturated heterocycles. The number of halogens is 1. The number of hydrogen-bond acceptors (Lipinski definition) is 3. The van der Waals surface area contributed by atoms with Crippen LogP contribution in [-0.4, -0.2) is 29.2 Å². The fraction of sp³-hybridized carbons (Fsp3) is 0.160. The summed E-state index contributed by atoms with van der Waals surface area (Å²) in [5.41, 5.74) is 7.25. The van der Waals surface area contributed by atoms with Crippen LogP contribution in [0.3, 0.4) is 0 Å². The molecule has 2 heterocycles. The molecule has 5 rings (SSSR count). The number of fused-ring (bicyclic) bond motifs is 2. The van der Waals surface area contributed by atoms with Crippen molar-refractivity contribution in [2.75, 3.05) is 11.9 Å². The van der Waals surface area contributed by atoms with Crippen LogP contribution in [0.1, 0.15) is 44.3 Å². The second-order valence-electron chi connectivity index (χ2n) is 8.12. The van der Waals surface area contributed by atoms with Crippen molar-refractivity contribution in [3.05, 3.63) is 101 Å². The molecular formula is C25H20FN3O3. The first-order valence-corrected chi connectivity index (χ1v) is 10.3. The van der Waals surface area contributed by atoms with E-state index in [1.54, 1.807) is 29.2 Å². The molecule has 0 aromatic heterocycles. The van der Waals surface area contributed by atoms with Gasteiger partial charge in [-0.25, -0.2) is 4.39 Å². The van der Waals surface area contributed by atoms with Crippen LogP contribution in [0.25, 0.3) is 0 Å². The molecule has 2 aliphatic heterocycles. The van der Waals surface area contributed by atoms with Crippen LogP contribution in [0.4, 0.5) is 10.1 Å². The molecule has 160 valence electrons. The zero-order valence-electron chi connectivity index (χ0n) is 17.0. The van der Waals surface area contributed by atoms with E-state index >= 15 is 0 Å². The minimum absolute atomic E-state index is 0.174. The monoisotopic (exact) mass is 429 g/mol. The minimum atomic E-state index is -0.975. The molecule has 3 amide bonds. The lowest BCUT2D eigenvalue weighted by atomic mass is 9.72. The van der Waals surface area contributed by atoms with E-state index < -0.39 is 23.2 Å². The van der Waals surface area contributed by atoms with Crippen molar-refractivity contribution in [1.82, 2.24) is 4.90 Å². The van der Waals surface area contributed by atoms with E-state index in [4.69, 9.17) is 5.73 Å². The number of carbonyl (C=O) groups is 3. The van der Waals surface area contributed by atoms with E-state index in [2.05, 4.69) is 5.32 Å². The number of amides is 3. The van der Waals surface area contributed by atoms with Gasteiger partial charge in [-0.3, -0.25) is 14.4 Å². The van der Waals surface area contributed by atoms with E-state index in [0.717, 1.165) is 11.3 Å². The number of primary amides is 1. The van der Waals surface area contributed by atoms with E-state index in [0.29, 0.717) is 29.7 Å². The summed E-state index contributed by atoms with van der Waals surface area (Å²) in [6.45, 7) is 0.347. The highest BCUT2D eigenvalue weighted by Gasteiger charge is 2.59. The zero-order valence-corrected chi connectivity index (χ0v) is 17.0. The summed E-state index contributed by atoms with van der Waals surface area (Å²) in [6.07, 6.45) is 0.434. The molecule has 0 aliphatic carbocycles. The second kappa shape index (κ2) is 7.30. The molecule has 3 aromatic carbocycles. The second-order valence-corrected chi connectivity index (χ2v) is 8.12. The van der Waals surface area contributed by atoms with Gasteiger partial charge >= 0.3 is 0 Å². The molecule has 3 N–H and O–H groups in total. The summed E-state index contributed by atoms with van der Waals surface area (Å²) in [7, 11) is 0. The average Bonchev–Trinajstić information content (AvgIpc) is 3.33. The first kappa shape index (κ1) is 19.9. The predicted molar refractivity (Wildman–Crippen MR) is 117 cm³/mol. The highest BCUT2D eigenvalue weighted by atomic mass is 19.1. The van der Waals surface area contributed by atoms with Gasteiger partial charge in [0.15, 0.2) is 0 Å². The lowest BCUT2D eigenvalue weighted by Crippen LogP contribution is -2.42. The molecule has 7 heteroatoms. The third-order valence-electron chi connectivity index (χ3n) is 6.45. The maximum atomic E-state index is 13.7. The maximum Gasteiger partial charge on any atom is 0.254 e. The maximum absolute atomic E-state index is 13.7. The van der Waals surface area contributed by atoms with Gasteiger partial charge in [-0.2, -0.15) is 0 Å². The number of carbonyl (C=O) groups excluding carboxylic acids is 3. The Kier molecular flexibility index (Phi) is 4.55. The average molecular weight is 429 g/mol. The van der Waals surface area contributed by atoms with Crippen molar-refractivity contribution in [3.63, 3.8) is 0 Å². The molecule has 0 bridgehead atoms. The minimum Gasteiger partial charge on any atom is -0.366 e. The number of nitrogens with two attached hydrogens (primary N) is 1. The number of benzene rings is 3. The first-order chi connectivity index (χ1) is 15.4. The Morgan fingerprint density at radius 1 is 0.969 bits per heavy atom. The number of likely N-dealkylation sites (tertiary alicyclic amines) is 1. The molecule has 6 nitrogen and oxygen atoms in total. The smallest absolute Gasteiger partial charge is 0.254 e. The van der Waals surface area contributed by atoms with Gasteiger partial charge in [0.1, 0.15) is 11.2 Å². The summed E-state index contributed by atoms with van der Waals surface area (Å²) in [5.74, 6) is -1.42. The fourth-order valence-corrected chi connectivity index (χ4v) is 4.96. The van der Waals surface area contributed by atoms with Crippen molar-refractivity contribution in [2.45, 2.75) is 17.9 Å². The number of para-hydroxylation sites is 1. The number of nitrogens with zero attached hydrogens (tertiary/aromatic N) is 1. The summed E-state index contributed by atoms with van der Waals surface area (Å²) < 4.78 is 13.7. The topological polar surface area (TPSA) is 92.5 Å². The molecule has 0 radical (unpaired) electrons. The van der Waals surface area contributed by atoms with Crippen LogP contribution < -0.4 is 11.1 Å². The van der Waals surface area contributed by atoms with E-state index in [1.165, 1.54) is 24.3 Å². The van der Waals surface area contributed by atoms with E-state index in [9.17, 15) is 18.8 Å². The normalized spacial score (nSPS) is 21.5. The van der Waals surface area contributed by atoms with Crippen LogP contribution in [0, 0.1) is 5.82 Å². The molecule has 1 fully saturated rings. The Morgan fingerprint density at radius 3 is 2.31 bits per heavy atom. The summed E-state index contributed by atoms with van der Waals surface area (Å²) in [5, 5.41) is 2.96. The SMILES string of the molecule is NC(=O)c1ccc(C(=O)N2CC[C@]3(C(=O)Nc4ccccc43)[C@@H]2c2ccc(F)cc2)cc1. The lowest BCUT2D eigenvalue weighted by Gasteiger charge is -2.34. The fourth-order valence-electron chi connectivity index (χ4n) is 4.96. The quantitative estimate of drug-likeness (QED) is 0.668. The van der Waals surface area contributed by atoms with Crippen molar-refractivity contribution in [1.29, 1.82) is 0 Å². The number of anilines is 1. The Balaban J connectivity index is 1.62. The van der Waals surface area contributed by atoms with Crippen LogP contribution in [0.2, 0.25) is 0 Å². The zero-order chi connectivity index (χ0) is 22.5. The van der Waals surface area contributed by atoms with Crippen molar-refractivity contribution in [3.8, 4) is 0 Å². The van der Waals surface area contributed by atoms with Crippen LogP contribution >= 0.6 is 0 Å². The van der Waals surface area contributed by atoms with Gasteiger partial charge in [0.2, 0.25) is 11.8 Å². The summed E-state index contributed by atoms with van der Waals surface area (Å²) >= 11 is 0. The van der Waals surface area contributed by atoms with Crippen LogP contribution in [0.5, 0.6) is 0 Å². The van der Waals surface area contributed by atoms with Crippen LogP contribution in [0.15, 0.2) is 72.8 Å². The van der Waals surface area contributed by atoms with E-state index in [1.807, 2.05) is 24.3 Å². The lowest BCUT2D eigenvalue weighted by molar-refractivity contribution is -0.121.